The molecule has 2 aromatic carbocycles. The van der Waals surface area contributed by atoms with E-state index in [1.165, 1.54) is 57.3 Å². The Balaban J connectivity index is 1.88. The van der Waals surface area contributed by atoms with Gasteiger partial charge in [-0.25, -0.2) is 4.39 Å². The maximum absolute atomic E-state index is 13.8. The molecule has 124 valence electrons. The van der Waals surface area contributed by atoms with Gasteiger partial charge in [0.05, 0.1) is 7.11 Å². The van der Waals surface area contributed by atoms with Crippen LogP contribution in [0.5, 0.6) is 5.75 Å². The SMILES string of the molecule is CCCCCCCCc1ccc(-c2ccc(OC)c(F)c2)cc1. The normalized spacial score (nSPS) is 10.7. The summed E-state index contributed by atoms with van der Waals surface area (Å²) in [4.78, 5) is 0. The Morgan fingerprint density at radius 2 is 1.48 bits per heavy atom. The Hall–Kier alpha value is -1.83. The molecule has 0 saturated heterocycles. The van der Waals surface area contributed by atoms with Gasteiger partial charge in [-0.2, -0.15) is 0 Å². The highest BCUT2D eigenvalue weighted by Crippen LogP contribution is 2.26. The molecule has 0 N–H and O–H groups in total. The Bertz CT molecular complexity index is 589. The van der Waals surface area contributed by atoms with Crippen LogP contribution in [-0.2, 0) is 6.42 Å². The third-order valence-electron chi connectivity index (χ3n) is 4.26. The van der Waals surface area contributed by atoms with E-state index in [0.29, 0.717) is 0 Å². The van der Waals surface area contributed by atoms with Gasteiger partial charge in [-0.05, 0) is 41.7 Å². The van der Waals surface area contributed by atoms with Crippen molar-refractivity contribution in [2.24, 2.45) is 0 Å². The van der Waals surface area contributed by atoms with Crippen LogP contribution in [0.15, 0.2) is 42.5 Å². The molecule has 0 fully saturated rings. The van der Waals surface area contributed by atoms with Crippen LogP contribution in [-0.4, -0.2) is 7.11 Å². The van der Waals surface area contributed by atoms with Gasteiger partial charge >= 0.3 is 0 Å². The summed E-state index contributed by atoms with van der Waals surface area (Å²) in [6, 6.07) is 13.6. The van der Waals surface area contributed by atoms with Crippen molar-refractivity contribution in [3.8, 4) is 16.9 Å². The summed E-state index contributed by atoms with van der Waals surface area (Å²) >= 11 is 0. The molecular weight excluding hydrogens is 287 g/mol. The summed E-state index contributed by atoms with van der Waals surface area (Å²) in [5.41, 5.74) is 3.28. The van der Waals surface area contributed by atoms with E-state index in [1.54, 1.807) is 6.07 Å². The number of benzene rings is 2. The third kappa shape index (κ3) is 5.38. The zero-order valence-electron chi connectivity index (χ0n) is 14.3. The van der Waals surface area contributed by atoms with Crippen molar-refractivity contribution < 1.29 is 9.13 Å². The molecule has 0 aromatic heterocycles. The standard InChI is InChI=1S/C21H27FO/c1-3-4-5-6-7-8-9-17-10-12-18(13-11-17)19-14-15-21(23-2)20(22)16-19/h10-16H,3-9H2,1-2H3. The topological polar surface area (TPSA) is 9.23 Å². The number of rotatable bonds is 9. The maximum atomic E-state index is 13.8. The average Bonchev–Trinajstić information content (AvgIpc) is 2.58. The predicted octanol–water partition coefficient (Wildman–Crippen LogP) is 6.40. The smallest absolute Gasteiger partial charge is 0.165 e. The molecule has 0 aliphatic carbocycles. The van der Waals surface area contributed by atoms with Crippen LogP contribution in [0, 0.1) is 5.82 Å². The van der Waals surface area contributed by atoms with Crippen molar-refractivity contribution in [3.05, 3.63) is 53.8 Å². The summed E-state index contributed by atoms with van der Waals surface area (Å²) < 4.78 is 18.7. The molecular formula is C21H27FO. The summed E-state index contributed by atoms with van der Waals surface area (Å²) in [7, 11) is 1.48. The highest BCUT2D eigenvalue weighted by Gasteiger charge is 2.05. The minimum Gasteiger partial charge on any atom is -0.494 e. The molecule has 0 unspecified atom stereocenters. The highest BCUT2D eigenvalue weighted by atomic mass is 19.1. The number of hydrogen-bond donors (Lipinski definition) is 0. The van der Waals surface area contributed by atoms with Gasteiger partial charge < -0.3 is 4.74 Å². The van der Waals surface area contributed by atoms with Crippen molar-refractivity contribution >= 4 is 0 Å². The molecule has 23 heavy (non-hydrogen) atoms. The number of methoxy groups -OCH3 is 1. The Morgan fingerprint density at radius 1 is 0.826 bits per heavy atom. The van der Waals surface area contributed by atoms with Crippen LogP contribution in [0.2, 0.25) is 0 Å². The van der Waals surface area contributed by atoms with Crippen LogP contribution in [0.25, 0.3) is 11.1 Å². The predicted molar refractivity (Wildman–Crippen MR) is 95.5 cm³/mol. The van der Waals surface area contributed by atoms with Crippen LogP contribution in [0.1, 0.15) is 51.0 Å². The molecule has 0 saturated carbocycles. The van der Waals surface area contributed by atoms with E-state index in [0.717, 1.165) is 17.5 Å². The van der Waals surface area contributed by atoms with Crippen molar-refractivity contribution in [2.45, 2.75) is 51.9 Å². The molecule has 1 nitrogen and oxygen atoms in total. The summed E-state index contributed by atoms with van der Waals surface area (Å²) in [6.07, 6.45) is 9.05. The summed E-state index contributed by atoms with van der Waals surface area (Å²) in [5, 5.41) is 0. The van der Waals surface area contributed by atoms with Crippen molar-refractivity contribution in [1.82, 2.24) is 0 Å². The first-order valence-electron chi connectivity index (χ1n) is 8.67. The van der Waals surface area contributed by atoms with E-state index < -0.39 is 0 Å². The van der Waals surface area contributed by atoms with Gasteiger partial charge in [0.2, 0.25) is 0 Å². The lowest BCUT2D eigenvalue weighted by molar-refractivity contribution is 0.386. The van der Waals surface area contributed by atoms with Crippen LogP contribution in [0.3, 0.4) is 0 Å². The van der Waals surface area contributed by atoms with Gasteiger partial charge in [0.15, 0.2) is 11.6 Å². The second kappa shape index (κ2) is 9.34. The van der Waals surface area contributed by atoms with E-state index in [-0.39, 0.29) is 11.6 Å². The fraction of sp³-hybridized carbons (Fsp3) is 0.429. The van der Waals surface area contributed by atoms with E-state index >= 15 is 0 Å². The van der Waals surface area contributed by atoms with Gasteiger partial charge in [0.1, 0.15) is 0 Å². The first-order chi connectivity index (χ1) is 11.2. The van der Waals surface area contributed by atoms with Gasteiger partial charge in [0.25, 0.3) is 0 Å². The quantitative estimate of drug-likeness (QED) is 0.486. The van der Waals surface area contributed by atoms with Crippen molar-refractivity contribution in [2.75, 3.05) is 7.11 Å². The monoisotopic (exact) mass is 314 g/mol. The second-order valence-corrected chi connectivity index (χ2v) is 6.06. The molecule has 0 spiro atoms. The van der Waals surface area contributed by atoms with Crippen LogP contribution >= 0.6 is 0 Å². The molecule has 2 aromatic rings. The van der Waals surface area contributed by atoms with E-state index in [2.05, 4.69) is 31.2 Å². The summed E-state index contributed by atoms with van der Waals surface area (Å²) in [6.45, 7) is 2.25. The van der Waals surface area contributed by atoms with Gasteiger partial charge in [-0.3, -0.25) is 0 Å². The Morgan fingerprint density at radius 3 is 2.13 bits per heavy atom. The van der Waals surface area contributed by atoms with Crippen molar-refractivity contribution in [1.29, 1.82) is 0 Å². The lowest BCUT2D eigenvalue weighted by Gasteiger charge is -2.07. The first kappa shape index (κ1) is 17.5. The van der Waals surface area contributed by atoms with E-state index in [4.69, 9.17) is 4.74 Å². The molecule has 0 aliphatic rings. The maximum Gasteiger partial charge on any atom is 0.165 e. The molecule has 0 bridgehead atoms. The average molecular weight is 314 g/mol. The van der Waals surface area contributed by atoms with Gasteiger partial charge in [-0.1, -0.05) is 69.4 Å². The van der Waals surface area contributed by atoms with Crippen LogP contribution in [0.4, 0.5) is 4.39 Å². The minimum atomic E-state index is -0.318. The molecule has 0 radical (unpaired) electrons. The molecule has 2 rings (SSSR count). The van der Waals surface area contributed by atoms with Crippen LogP contribution < -0.4 is 4.74 Å². The number of hydrogen-bond acceptors (Lipinski definition) is 1. The zero-order valence-corrected chi connectivity index (χ0v) is 14.3. The van der Waals surface area contributed by atoms with Gasteiger partial charge in [0, 0.05) is 0 Å². The Labute approximate surface area is 139 Å². The zero-order chi connectivity index (χ0) is 16.5. The van der Waals surface area contributed by atoms with E-state index in [1.807, 2.05) is 6.07 Å². The molecule has 0 amide bonds. The number of ether oxygens (including phenoxy) is 1. The van der Waals surface area contributed by atoms with E-state index in [9.17, 15) is 4.39 Å². The number of unbranched alkanes of at least 4 members (excludes halogenated alkanes) is 5. The molecule has 2 heteroatoms. The lowest BCUT2D eigenvalue weighted by Crippen LogP contribution is -1.89. The highest BCUT2D eigenvalue weighted by molar-refractivity contribution is 5.64. The minimum absolute atomic E-state index is 0.286. The summed E-state index contributed by atoms with van der Waals surface area (Å²) in [5.74, 6) is -0.0328. The largest absolute Gasteiger partial charge is 0.494 e. The third-order valence-corrected chi connectivity index (χ3v) is 4.26. The number of halogens is 1. The first-order valence-corrected chi connectivity index (χ1v) is 8.67. The molecule has 0 aliphatic heterocycles. The fourth-order valence-electron chi connectivity index (χ4n) is 2.82. The second-order valence-electron chi connectivity index (χ2n) is 6.06. The van der Waals surface area contributed by atoms with Gasteiger partial charge in [-0.15, -0.1) is 0 Å². The Kier molecular flexibility index (Phi) is 7.12. The molecule has 0 atom stereocenters. The van der Waals surface area contributed by atoms with Crippen molar-refractivity contribution in [3.63, 3.8) is 0 Å². The number of aryl methyl sites for hydroxylation is 1. The molecule has 0 heterocycles. The lowest BCUT2D eigenvalue weighted by atomic mass is 10.0. The fourth-order valence-corrected chi connectivity index (χ4v) is 2.82.